The van der Waals surface area contributed by atoms with Crippen LogP contribution in [0.5, 0.6) is 0 Å². The molecule has 0 aliphatic heterocycles. The maximum Gasteiger partial charge on any atom is 0.339 e. The molecule has 0 bridgehead atoms. The van der Waals surface area contributed by atoms with Crippen molar-refractivity contribution in [2.24, 2.45) is 0 Å². The van der Waals surface area contributed by atoms with E-state index < -0.39 is 21.9 Å². The molecule has 0 radical (unpaired) electrons. The minimum Gasteiger partial charge on any atom is -0.478 e. The Morgan fingerprint density at radius 3 is 2.42 bits per heavy atom. The Morgan fingerprint density at radius 1 is 1.23 bits per heavy atom. The van der Waals surface area contributed by atoms with Crippen molar-refractivity contribution >= 4 is 21.9 Å². The van der Waals surface area contributed by atoms with Crippen LogP contribution < -0.4 is 10.0 Å². The summed E-state index contributed by atoms with van der Waals surface area (Å²) in [4.78, 5) is 23.2. The van der Waals surface area contributed by atoms with E-state index in [2.05, 4.69) is 10.0 Å². The second-order valence-corrected chi connectivity index (χ2v) is 7.80. The first kappa shape index (κ1) is 18.2. The number of sulfonamides is 1. The minimum atomic E-state index is -3.56. The standard InChI is InChI=1S/C17H18N2O6S/c1-10-15(17(21)22)8-13(25-10)9-18-16(20)11-2-6-14(7-3-11)26(23,24)19-12-4-5-12/h2-3,6-8,12,19H,4-5,9H2,1H3,(H,18,20)(H,21,22). The van der Waals surface area contributed by atoms with Crippen LogP contribution in [0.25, 0.3) is 0 Å². The van der Waals surface area contributed by atoms with Gasteiger partial charge in [-0.1, -0.05) is 0 Å². The van der Waals surface area contributed by atoms with E-state index in [1.165, 1.54) is 37.3 Å². The maximum absolute atomic E-state index is 12.2. The zero-order chi connectivity index (χ0) is 18.9. The fraction of sp³-hybridized carbons (Fsp3) is 0.294. The number of carboxylic acid groups (broad SMARTS) is 1. The van der Waals surface area contributed by atoms with Crippen LogP contribution in [-0.2, 0) is 16.6 Å². The number of carbonyl (C=O) groups is 2. The van der Waals surface area contributed by atoms with Crippen LogP contribution in [0.4, 0.5) is 0 Å². The van der Waals surface area contributed by atoms with E-state index in [0.717, 1.165) is 12.8 Å². The van der Waals surface area contributed by atoms with Crippen LogP contribution in [-0.4, -0.2) is 31.4 Å². The van der Waals surface area contributed by atoms with E-state index in [1.807, 2.05) is 0 Å². The zero-order valence-corrected chi connectivity index (χ0v) is 14.8. The van der Waals surface area contributed by atoms with E-state index in [4.69, 9.17) is 9.52 Å². The monoisotopic (exact) mass is 378 g/mol. The molecule has 138 valence electrons. The Hall–Kier alpha value is -2.65. The Labute approximate surface area is 150 Å². The minimum absolute atomic E-state index is 0.00965. The molecule has 9 heteroatoms. The highest BCUT2D eigenvalue weighted by Gasteiger charge is 2.28. The van der Waals surface area contributed by atoms with Crippen molar-refractivity contribution in [1.29, 1.82) is 0 Å². The van der Waals surface area contributed by atoms with Gasteiger partial charge in [0, 0.05) is 11.6 Å². The van der Waals surface area contributed by atoms with Gasteiger partial charge in [-0.3, -0.25) is 4.79 Å². The molecule has 8 nitrogen and oxygen atoms in total. The Balaban J connectivity index is 1.63. The normalized spacial score (nSPS) is 14.2. The zero-order valence-electron chi connectivity index (χ0n) is 14.0. The second-order valence-electron chi connectivity index (χ2n) is 6.09. The number of hydrogen-bond acceptors (Lipinski definition) is 5. The first-order valence-corrected chi connectivity index (χ1v) is 9.48. The van der Waals surface area contributed by atoms with Crippen LogP contribution >= 0.6 is 0 Å². The van der Waals surface area contributed by atoms with E-state index >= 15 is 0 Å². The lowest BCUT2D eigenvalue weighted by Gasteiger charge is -2.07. The van der Waals surface area contributed by atoms with E-state index in [-0.39, 0.29) is 34.4 Å². The molecule has 3 N–H and O–H groups in total. The Bertz CT molecular complexity index is 942. The predicted molar refractivity (Wildman–Crippen MR) is 91.4 cm³/mol. The van der Waals surface area contributed by atoms with E-state index in [9.17, 15) is 18.0 Å². The van der Waals surface area contributed by atoms with Crippen molar-refractivity contribution in [2.75, 3.05) is 0 Å². The number of furan rings is 1. The highest BCUT2D eigenvalue weighted by atomic mass is 32.2. The molecule has 0 saturated heterocycles. The number of carbonyl (C=O) groups excluding carboxylic acids is 1. The summed E-state index contributed by atoms with van der Waals surface area (Å²) in [6.07, 6.45) is 1.69. The lowest BCUT2D eigenvalue weighted by Crippen LogP contribution is -2.26. The maximum atomic E-state index is 12.2. The van der Waals surface area contributed by atoms with Gasteiger partial charge in [0.05, 0.1) is 11.4 Å². The fourth-order valence-electron chi connectivity index (χ4n) is 2.39. The van der Waals surface area contributed by atoms with E-state index in [0.29, 0.717) is 5.76 Å². The first-order chi connectivity index (χ1) is 12.3. The third-order valence-electron chi connectivity index (χ3n) is 3.95. The molecule has 26 heavy (non-hydrogen) atoms. The van der Waals surface area contributed by atoms with Gasteiger partial charge in [-0.25, -0.2) is 17.9 Å². The van der Waals surface area contributed by atoms with Crippen molar-refractivity contribution in [1.82, 2.24) is 10.0 Å². The smallest absolute Gasteiger partial charge is 0.339 e. The molecule has 1 heterocycles. The number of benzene rings is 1. The summed E-state index contributed by atoms with van der Waals surface area (Å²) >= 11 is 0. The van der Waals surface area contributed by atoms with Crippen LogP contribution in [0.1, 0.15) is 45.1 Å². The van der Waals surface area contributed by atoms with Crippen molar-refractivity contribution in [3.05, 3.63) is 53.0 Å². The Morgan fingerprint density at radius 2 is 1.88 bits per heavy atom. The molecule has 1 aliphatic carbocycles. The summed E-state index contributed by atoms with van der Waals surface area (Å²) < 4.78 is 32.0. The van der Waals surface area contributed by atoms with Crippen molar-refractivity contribution < 1.29 is 27.5 Å². The number of aromatic carboxylic acids is 1. The summed E-state index contributed by atoms with van der Waals surface area (Å²) in [6, 6.07) is 6.96. The topological polar surface area (TPSA) is 126 Å². The third kappa shape index (κ3) is 4.12. The molecule has 2 aromatic rings. The Kier molecular flexibility index (Phi) is 4.84. The lowest BCUT2D eigenvalue weighted by molar-refractivity contribution is 0.0694. The van der Waals surface area contributed by atoms with Crippen LogP contribution in [0.2, 0.25) is 0 Å². The number of aryl methyl sites for hydroxylation is 1. The number of amides is 1. The SMILES string of the molecule is Cc1oc(CNC(=O)c2ccc(S(=O)(=O)NC3CC3)cc2)cc1C(=O)O. The van der Waals surface area contributed by atoms with Crippen molar-refractivity contribution in [2.45, 2.75) is 37.2 Å². The quantitative estimate of drug-likeness (QED) is 0.673. The summed E-state index contributed by atoms with van der Waals surface area (Å²) in [5.74, 6) is -0.934. The molecule has 0 atom stereocenters. The van der Waals surface area contributed by atoms with Crippen molar-refractivity contribution in [3.8, 4) is 0 Å². The third-order valence-corrected chi connectivity index (χ3v) is 5.48. The van der Waals surface area contributed by atoms with Gasteiger partial charge in [0.2, 0.25) is 10.0 Å². The summed E-state index contributed by atoms with van der Waals surface area (Å²) in [5, 5.41) is 11.6. The van der Waals surface area contributed by atoms with Gasteiger partial charge in [-0.15, -0.1) is 0 Å². The van der Waals surface area contributed by atoms with Gasteiger partial charge in [0.15, 0.2) is 0 Å². The first-order valence-electron chi connectivity index (χ1n) is 7.99. The number of hydrogen-bond donors (Lipinski definition) is 3. The molecule has 1 aromatic carbocycles. The van der Waals surface area contributed by atoms with Crippen molar-refractivity contribution in [3.63, 3.8) is 0 Å². The highest BCUT2D eigenvalue weighted by Crippen LogP contribution is 2.22. The average Bonchev–Trinajstić information content (AvgIpc) is 3.31. The molecular formula is C17H18N2O6S. The van der Waals surface area contributed by atoms with Crippen LogP contribution in [0.3, 0.4) is 0 Å². The molecule has 1 fully saturated rings. The average molecular weight is 378 g/mol. The summed E-state index contributed by atoms with van der Waals surface area (Å²) in [7, 11) is -3.56. The summed E-state index contributed by atoms with van der Waals surface area (Å²) in [5.41, 5.74) is 0.337. The molecular weight excluding hydrogens is 360 g/mol. The fourth-order valence-corrected chi connectivity index (χ4v) is 3.69. The lowest BCUT2D eigenvalue weighted by atomic mass is 10.2. The van der Waals surface area contributed by atoms with Gasteiger partial charge in [0.1, 0.15) is 17.1 Å². The van der Waals surface area contributed by atoms with Gasteiger partial charge in [-0.2, -0.15) is 0 Å². The molecule has 0 unspecified atom stereocenters. The largest absolute Gasteiger partial charge is 0.478 e. The van der Waals surface area contributed by atoms with Gasteiger partial charge in [0.25, 0.3) is 5.91 Å². The number of nitrogens with one attached hydrogen (secondary N) is 2. The molecule has 1 aliphatic rings. The molecule has 1 amide bonds. The number of carboxylic acids is 1. The van der Waals surface area contributed by atoms with Crippen LogP contribution in [0.15, 0.2) is 39.6 Å². The van der Waals surface area contributed by atoms with E-state index in [1.54, 1.807) is 0 Å². The van der Waals surface area contributed by atoms with Gasteiger partial charge >= 0.3 is 5.97 Å². The number of rotatable bonds is 7. The molecule has 1 saturated carbocycles. The predicted octanol–water partition coefficient (Wildman–Crippen LogP) is 1.66. The molecule has 0 spiro atoms. The molecule has 3 rings (SSSR count). The highest BCUT2D eigenvalue weighted by molar-refractivity contribution is 7.89. The summed E-state index contributed by atoms with van der Waals surface area (Å²) in [6.45, 7) is 1.56. The van der Waals surface area contributed by atoms with Gasteiger partial charge in [-0.05, 0) is 50.1 Å². The van der Waals surface area contributed by atoms with Crippen LogP contribution in [0, 0.1) is 6.92 Å². The van der Waals surface area contributed by atoms with Gasteiger partial charge < -0.3 is 14.8 Å². The second kappa shape index (κ2) is 6.93. The molecule has 1 aromatic heterocycles.